The van der Waals surface area contributed by atoms with Crippen molar-refractivity contribution >= 4 is 27.6 Å². The topological polar surface area (TPSA) is 84.0 Å². The molecule has 1 aromatic carbocycles. The highest BCUT2D eigenvalue weighted by Gasteiger charge is 2.31. The molecule has 0 aliphatic carbocycles. The van der Waals surface area contributed by atoms with Crippen molar-refractivity contribution < 1.29 is 22.7 Å². The third-order valence-corrected chi connectivity index (χ3v) is 5.95. The smallest absolute Gasteiger partial charge is 0.309 e. The largest absolute Gasteiger partial charge is 0.466 e. The van der Waals surface area contributed by atoms with Crippen molar-refractivity contribution in [2.45, 2.75) is 33.6 Å². The van der Waals surface area contributed by atoms with Crippen molar-refractivity contribution in [2.75, 3.05) is 36.8 Å². The van der Waals surface area contributed by atoms with Crippen molar-refractivity contribution in [3.05, 3.63) is 29.3 Å². The molecular weight excluding hydrogens is 368 g/mol. The molecule has 27 heavy (non-hydrogen) atoms. The number of likely N-dealkylation sites (tertiary alicyclic amines) is 1. The molecule has 0 saturated carbocycles. The zero-order chi connectivity index (χ0) is 20.2. The molecule has 1 heterocycles. The van der Waals surface area contributed by atoms with Gasteiger partial charge in [-0.2, -0.15) is 0 Å². The average molecular weight is 397 g/mol. The lowest BCUT2D eigenvalue weighted by Gasteiger charge is -2.33. The van der Waals surface area contributed by atoms with E-state index >= 15 is 0 Å². The van der Waals surface area contributed by atoms with Crippen LogP contribution in [0, 0.1) is 19.8 Å². The number of piperidine rings is 1. The van der Waals surface area contributed by atoms with Crippen molar-refractivity contribution in [3.63, 3.8) is 0 Å². The Bertz CT molecular complexity index is 778. The van der Waals surface area contributed by atoms with Crippen molar-refractivity contribution in [1.82, 2.24) is 4.90 Å². The molecule has 0 bridgehead atoms. The van der Waals surface area contributed by atoms with Gasteiger partial charge in [-0.1, -0.05) is 18.2 Å². The van der Waals surface area contributed by atoms with Gasteiger partial charge in [0.05, 0.1) is 24.5 Å². The molecule has 1 saturated heterocycles. The second-order valence-electron chi connectivity index (χ2n) is 6.92. The summed E-state index contributed by atoms with van der Waals surface area (Å²) >= 11 is 0. The van der Waals surface area contributed by atoms with Crippen LogP contribution in [0.5, 0.6) is 0 Å². The van der Waals surface area contributed by atoms with Crippen LogP contribution in [0.15, 0.2) is 18.2 Å². The van der Waals surface area contributed by atoms with Gasteiger partial charge in [0.2, 0.25) is 15.9 Å². The Hall–Kier alpha value is -2.09. The van der Waals surface area contributed by atoms with E-state index in [2.05, 4.69) is 0 Å². The zero-order valence-electron chi connectivity index (χ0n) is 16.4. The Morgan fingerprint density at radius 3 is 2.22 bits per heavy atom. The molecule has 0 spiro atoms. The Morgan fingerprint density at radius 2 is 1.74 bits per heavy atom. The molecule has 150 valence electrons. The number of anilines is 1. The molecule has 1 aromatic rings. The molecule has 1 aliphatic rings. The number of rotatable bonds is 6. The summed E-state index contributed by atoms with van der Waals surface area (Å²) in [5.74, 6) is -0.679. The summed E-state index contributed by atoms with van der Waals surface area (Å²) in [5.41, 5.74) is 2.15. The van der Waals surface area contributed by atoms with Crippen LogP contribution in [0.25, 0.3) is 0 Å². The van der Waals surface area contributed by atoms with Gasteiger partial charge in [-0.25, -0.2) is 8.42 Å². The Balaban J connectivity index is 2.11. The van der Waals surface area contributed by atoms with Crippen molar-refractivity contribution in [3.8, 4) is 0 Å². The average Bonchev–Trinajstić information content (AvgIpc) is 2.60. The van der Waals surface area contributed by atoms with Gasteiger partial charge in [0, 0.05) is 13.1 Å². The van der Waals surface area contributed by atoms with Crippen LogP contribution in [0.1, 0.15) is 30.9 Å². The summed E-state index contributed by atoms with van der Waals surface area (Å²) in [7, 11) is -3.62. The summed E-state index contributed by atoms with van der Waals surface area (Å²) in [5, 5.41) is 0. The van der Waals surface area contributed by atoms with Crippen LogP contribution < -0.4 is 4.31 Å². The van der Waals surface area contributed by atoms with E-state index in [1.165, 1.54) is 4.31 Å². The molecule has 2 rings (SSSR count). The maximum Gasteiger partial charge on any atom is 0.309 e. The molecule has 0 atom stereocenters. The fourth-order valence-corrected chi connectivity index (χ4v) is 4.37. The molecule has 0 aromatic heterocycles. The first-order valence-electron chi connectivity index (χ1n) is 9.13. The lowest BCUT2D eigenvalue weighted by atomic mass is 9.97. The Labute approximate surface area is 161 Å². The van der Waals surface area contributed by atoms with Crippen LogP contribution in [-0.2, 0) is 24.3 Å². The minimum absolute atomic E-state index is 0.196. The fourth-order valence-electron chi connectivity index (χ4n) is 3.41. The minimum Gasteiger partial charge on any atom is -0.466 e. The predicted octanol–water partition coefficient (Wildman–Crippen LogP) is 1.87. The number of hydrogen-bond acceptors (Lipinski definition) is 5. The van der Waals surface area contributed by atoms with Gasteiger partial charge in [-0.3, -0.25) is 13.9 Å². The first kappa shape index (κ1) is 21.2. The summed E-state index contributed by atoms with van der Waals surface area (Å²) in [6.07, 6.45) is 2.18. The number of nitrogens with zero attached hydrogens (tertiary/aromatic N) is 2. The van der Waals surface area contributed by atoms with E-state index in [1.807, 2.05) is 32.0 Å². The molecule has 8 heteroatoms. The summed E-state index contributed by atoms with van der Waals surface area (Å²) < 4.78 is 30.9. The number of sulfonamides is 1. The van der Waals surface area contributed by atoms with Crippen molar-refractivity contribution in [2.24, 2.45) is 5.92 Å². The maximum atomic E-state index is 12.8. The van der Waals surface area contributed by atoms with Gasteiger partial charge in [0.15, 0.2) is 0 Å². The third-order valence-electron chi connectivity index (χ3n) is 4.84. The molecule has 0 radical (unpaired) electrons. The van der Waals surface area contributed by atoms with E-state index in [0.29, 0.717) is 38.2 Å². The molecule has 1 amide bonds. The van der Waals surface area contributed by atoms with Crippen LogP contribution in [0.4, 0.5) is 5.69 Å². The summed E-state index contributed by atoms with van der Waals surface area (Å²) in [6, 6.07) is 5.52. The fraction of sp³-hybridized carbons (Fsp3) is 0.579. The van der Waals surface area contributed by atoms with Gasteiger partial charge < -0.3 is 9.64 Å². The predicted molar refractivity (Wildman–Crippen MR) is 104 cm³/mol. The van der Waals surface area contributed by atoms with E-state index in [-0.39, 0.29) is 24.3 Å². The quantitative estimate of drug-likeness (QED) is 0.686. The van der Waals surface area contributed by atoms with Gasteiger partial charge in [0.1, 0.15) is 6.54 Å². The highest BCUT2D eigenvalue weighted by atomic mass is 32.2. The van der Waals surface area contributed by atoms with E-state index in [9.17, 15) is 18.0 Å². The monoisotopic (exact) mass is 396 g/mol. The molecule has 1 aliphatic heterocycles. The number of hydrogen-bond donors (Lipinski definition) is 0. The highest BCUT2D eigenvalue weighted by Crippen LogP contribution is 2.27. The summed E-state index contributed by atoms with van der Waals surface area (Å²) in [4.78, 5) is 26.2. The second-order valence-corrected chi connectivity index (χ2v) is 8.82. The van der Waals surface area contributed by atoms with Crippen LogP contribution in [-0.4, -0.2) is 57.7 Å². The lowest BCUT2D eigenvalue weighted by molar-refractivity contribution is -0.151. The SMILES string of the molecule is CCOC(=O)C1CCN(C(=O)CN(c2c(C)cccc2C)S(C)(=O)=O)CC1. The van der Waals surface area contributed by atoms with Crippen LogP contribution in [0.3, 0.4) is 0 Å². The Kier molecular flexibility index (Phi) is 6.86. The normalized spacial score (nSPS) is 15.5. The first-order chi connectivity index (χ1) is 12.6. The van der Waals surface area contributed by atoms with E-state index in [0.717, 1.165) is 17.4 Å². The molecule has 0 N–H and O–H groups in total. The minimum atomic E-state index is -3.62. The number of aryl methyl sites for hydroxylation is 2. The first-order valence-corrected chi connectivity index (χ1v) is 11.0. The number of benzene rings is 1. The van der Waals surface area contributed by atoms with Gasteiger partial charge >= 0.3 is 5.97 Å². The third kappa shape index (κ3) is 5.22. The number of para-hydroxylation sites is 1. The van der Waals surface area contributed by atoms with Gasteiger partial charge in [-0.05, 0) is 44.7 Å². The zero-order valence-corrected chi connectivity index (χ0v) is 17.2. The summed E-state index contributed by atoms with van der Waals surface area (Å²) in [6.45, 7) is 6.38. The molecule has 1 fully saturated rings. The number of carbonyl (C=O) groups excluding carboxylic acids is 2. The number of carbonyl (C=O) groups is 2. The van der Waals surface area contributed by atoms with E-state index < -0.39 is 10.0 Å². The van der Waals surface area contributed by atoms with Crippen LogP contribution in [0.2, 0.25) is 0 Å². The van der Waals surface area contributed by atoms with E-state index in [1.54, 1.807) is 11.8 Å². The number of esters is 1. The maximum absolute atomic E-state index is 12.8. The standard InChI is InChI=1S/C19H28N2O5S/c1-5-26-19(23)16-9-11-20(12-10-16)17(22)13-21(27(4,24)25)18-14(2)7-6-8-15(18)3/h6-8,16H,5,9-13H2,1-4H3. The molecular formula is C19H28N2O5S. The molecule has 7 nitrogen and oxygen atoms in total. The molecule has 0 unspecified atom stereocenters. The number of ether oxygens (including phenoxy) is 1. The lowest BCUT2D eigenvalue weighted by Crippen LogP contribution is -2.46. The second kappa shape index (κ2) is 8.73. The van der Waals surface area contributed by atoms with Gasteiger partial charge in [0.25, 0.3) is 0 Å². The van der Waals surface area contributed by atoms with Gasteiger partial charge in [-0.15, -0.1) is 0 Å². The highest BCUT2D eigenvalue weighted by molar-refractivity contribution is 7.92. The van der Waals surface area contributed by atoms with Crippen LogP contribution >= 0.6 is 0 Å². The van der Waals surface area contributed by atoms with E-state index in [4.69, 9.17) is 4.74 Å². The number of amides is 1. The Morgan fingerprint density at radius 1 is 1.19 bits per heavy atom. The van der Waals surface area contributed by atoms with Crippen molar-refractivity contribution in [1.29, 1.82) is 0 Å².